The summed E-state index contributed by atoms with van der Waals surface area (Å²) in [4.78, 5) is 22.7. The highest BCUT2D eigenvalue weighted by Crippen LogP contribution is 2.31. The summed E-state index contributed by atoms with van der Waals surface area (Å²) in [6.07, 6.45) is 2.00. The van der Waals surface area contributed by atoms with Crippen LogP contribution in [-0.4, -0.2) is 16.9 Å². The number of benzene rings is 1. The molecule has 7 nitrogen and oxygen atoms in total. The number of non-ortho nitro benzene ring substituents is 1. The third-order valence-corrected chi connectivity index (χ3v) is 4.40. The van der Waals surface area contributed by atoms with E-state index in [4.69, 9.17) is 5.84 Å². The molecule has 2 rings (SSSR count). The molecule has 7 heteroatoms. The zero-order valence-electron chi connectivity index (χ0n) is 12.1. The minimum absolute atomic E-state index is 0.0948. The fourth-order valence-corrected chi connectivity index (χ4v) is 2.77. The number of nitrogens with zero attached hydrogens (tertiary/aromatic N) is 1. The molecule has 1 saturated carbocycles. The Labute approximate surface area is 123 Å². The summed E-state index contributed by atoms with van der Waals surface area (Å²) in [7, 11) is 0. The lowest BCUT2D eigenvalue weighted by molar-refractivity contribution is -0.384. The zero-order valence-corrected chi connectivity index (χ0v) is 12.1. The molecule has 0 aliphatic heterocycles. The van der Waals surface area contributed by atoms with E-state index in [1.807, 2.05) is 0 Å². The molecule has 1 aromatic carbocycles. The van der Waals surface area contributed by atoms with E-state index >= 15 is 0 Å². The molecule has 1 aromatic rings. The average Bonchev–Trinajstić information content (AvgIpc) is 2.78. The Morgan fingerprint density at radius 1 is 1.38 bits per heavy atom. The smallest absolute Gasteiger partial charge is 0.270 e. The largest absolute Gasteiger partial charge is 0.349 e. The van der Waals surface area contributed by atoms with Crippen LogP contribution < -0.4 is 16.6 Å². The fourth-order valence-electron chi connectivity index (χ4n) is 2.77. The monoisotopic (exact) mass is 292 g/mol. The second-order valence-electron chi connectivity index (χ2n) is 5.63. The first-order valence-corrected chi connectivity index (χ1v) is 7.00. The maximum absolute atomic E-state index is 12.4. The Morgan fingerprint density at radius 2 is 2.10 bits per heavy atom. The van der Waals surface area contributed by atoms with Gasteiger partial charge in [0.25, 0.3) is 11.6 Å². The minimum Gasteiger partial charge on any atom is -0.349 e. The van der Waals surface area contributed by atoms with E-state index in [0.29, 0.717) is 17.5 Å². The van der Waals surface area contributed by atoms with Gasteiger partial charge in [-0.25, -0.2) is 0 Å². The number of carbonyl (C=O) groups is 1. The van der Waals surface area contributed by atoms with Crippen LogP contribution in [0.4, 0.5) is 11.4 Å². The third kappa shape index (κ3) is 3.13. The Bertz CT molecular complexity index is 561. The van der Waals surface area contributed by atoms with Crippen LogP contribution in [0.1, 0.15) is 37.0 Å². The van der Waals surface area contributed by atoms with Crippen LogP contribution in [0.15, 0.2) is 18.2 Å². The van der Waals surface area contributed by atoms with E-state index in [1.54, 1.807) is 0 Å². The number of hydrogen-bond acceptors (Lipinski definition) is 5. The van der Waals surface area contributed by atoms with Gasteiger partial charge < -0.3 is 10.7 Å². The number of amides is 1. The van der Waals surface area contributed by atoms with E-state index in [9.17, 15) is 14.9 Å². The summed E-state index contributed by atoms with van der Waals surface area (Å²) in [6, 6.07) is 4.09. The molecule has 1 aliphatic rings. The van der Waals surface area contributed by atoms with Crippen molar-refractivity contribution in [2.45, 2.75) is 32.7 Å². The van der Waals surface area contributed by atoms with Crippen molar-refractivity contribution in [1.82, 2.24) is 5.32 Å². The van der Waals surface area contributed by atoms with Crippen molar-refractivity contribution in [2.75, 3.05) is 5.43 Å². The minimum atomic E-state index is -0.530. The molecule has 0 spiro atoms. The lowest BCUT2D eigenvalue weighted by Crippen LogP contribution is -2.37. The van der Waals surface area contributed by atoms with Crippen LogP contribution >= 0.6 is 0 Å². The number of hydrazine groups is 1. The lowest BCUT2D eigenvalue weighted by Gasteiger charge is -2.20. The number of hydrogen-bond donors (Lipinski definition) is 3. The number of carbonyl (C=O) groups excluding carboxylic acids is 1. The molecule has 0 heterocycles. The number of nitro benzene ring substituents is 1. The molecule has 1 aliphatic carbocycles. The Morgan fingerprint density at radius 3 is 2.62 bits per heavy atom. The number of nitrogens with two attached hydrogens (primary N) is 1. The maximum Gasteiger partial charge on any atom is 0.270 e. The van der Waals surface area contributed by atoms with Crippen molar-refractivity contribution in [2.24, 2.45) is 17.7 Å². The Kier molecular flexibility index (Phi) is 4.42. The van der Waals surface area contributed by atoms with Crippen molar-refractivity contribution in [3.63, 3.8) is 0 Å². The quantitative estimate of drug-likeness (QED) is 0.447. The molecule has 0 aromatic heterocycles. The highest BCUT2D eigenvalue weighted by Gasteiger charge is 2.31. The summed E-state index contributed by atoms with van der Waals surface area (Å²) in [6.45, 7) is 4.27. The van der Waals surface area contributed by atoms with Gasteiger partial charge in [0.05, 0.1) is 16.2 Å². The summed E-state index contributed by atoms with van der Waals surface area (Å²) in [5.41, 5.74) is 2.84. The van der Waals surface area contributed by atoms with Crippen molar-refractivity contribution >= 4 is 17.3 Å². The molecule has 0 radical (unpaired) electrons. The van der Waals surface area contributed by atoms with Gasteiger partial charge in [-0.15, -0.1) is 0 Å². The molecule has 3 unspecified atom stereocenters. The summed E-state index contributed by atoms with van der Waals surface area (Å²) >= 11 is 0. The molecule has 0 saturated heterocycles. The van der Waals surface area contributed by atoms with Crippen LogP contribution in [0.3, 0.4) is 0 Å². The fraction of sp³-hybridized carbons (Fsp3) is 0.500. The van der Waals surface area contributed by atoms with Crippen molar-refractivity contribution in [3.8, 4) is 0 Å². The molecule has 0 bridgehead atoms. The Hall–Kier alpha value is -2.15. The normalized spacial score (nSPS) is 24.6. The van der Waals surface area contributed by atoms with Crippen LogP contribution in [0, 0.1) is 22.0 Å². The van der Waals surface area contributed by atoms with Gasteiger partial charge in [-0.3, -0.25) is 20.8 Å². The molecule has 1 amide bonds. The van der Waals surface area contributed by atoms with Gasteiger partial charge >= 0.3 is 0 Å². The van der Waals surface area contributed by atoms with Crippen LogP contribution in [0.5, 0.6) is 0 Å². The molecule has 114 valence electrons. The van der Waals surface area contributed by atoms with E-state index < -0.39 is 4.92 Å². The van der Waals surface area contributed by atoms with Crippen molar-refractivity contribution in [1.29, 1.82) is 0 Å². The molecule has 1 fully saturated rings. The standard InChI is InChI=1S/C14H20N4O3/c1-8-3-5-12(9(8)2)16-14(19)11-7-10(18(20)21)4-6-13(11)17-15/h4,6-9,12,17H,3,5,15H2,1-2H3,(H,16,19). The molecular weight excluding hydrogens is 272 g/mol. The molecule has 3 atom stereocenters. The number of rotatable bonds is 4. The predicted molar refractivity (Wildman–Crippen MR) is 79.7 cm³/mol. The second kappa shape index (κ2) is 6.09. The predicted octanol–water partition coefficient (Wildman–Crippen LogP) is 2.04. The first-order chi connectivity index (χ1) is 9.93. The number of nitrogens with one attached hydrogen (secondary N) is 2. The van der Waals surface area contributed by atoms with Crippen LogP contribution in [0.2, 0.25) is 0 Å². The van der Waals surface area contributed by atoms with E-state index in [-0.39, 0.29) is 23.2 Å². The van der Waals surface area contributed by atoms with E-state index in [1.165, 1.54) is 18.2 Å². The van der Waals surface area contributed by atoms with Crippen molar-refractivity contribution in [3.05, 3.63) is 33.9 Å². The van der Waals surface area contributed by atoms with Gasteiger partial charge in [0.2, 0.25) is 0 Å². The van der Waals surface area contributed by atoms with Gasteiger partial charge in [-0.05, 0) is 30.7 Å². The van der Waals surface area contributed by atoms with Gasteiger partial charge in [0, 0.05) is 18.2 Å². The Balaban J connectivity index is 2.21. The second-order valence-corrected chi connectivity index (χ2v) is 5.63. The number of nitrogen functional groups attached to an aromatic ring is 1. The van der Waals surface area contributed by atoms with Gasteiger partial charge in [0.1, 0.15) is 0 Å². The number of anilines is 1. The summed E-state index contributed by atoms with van der Waals surface area (Å²) < 4.78 is 0. The first-order valence-electron chi connectivity index (χ1n) is 7.00. The van der Waals surface area contributed by atoms with Crippen LogP contribution in [-0.2, 0) is 0 Å². The maximum atomic E-state index is 12.4. The van der Waals surface area contributed by atoms with Crippen LogP contribution in [0.25, 0.3) is 0 Å². The topological polar surface area (TPSA) is 110 Å². The highest BCUT2D eigenvalue weighted by atomic mass is 16.6. The summed E-state index contributed by atoms with van der Waals surface area (Å²) in [5, 5.41) is 13.8. The SMILES string of the molecule is CC1CCC(NC(=O)c2cc([N+](=O)[O-])ccc2NN)C1C. The number of nitro groups is 1. The molecule has 21 heavy (non-hydrogen) atoms. The van der Waals surface area contributed by atoms with E-state index in [2.05, 4.69) is 24.6 Å². The van der Waals surface area contributed by atoms with Gasteiger partial charge in [-0.2, -0.15) is 0 Å². The zero-order chi connectivity index (χ0) is 15.6. The van der Waals surface area contributed by atoms with Crippen molar-refractivity contribution < 1.29 is 9.72 Å². The van der Waals surface area contributed by atoms with Gasteiger partial charge in [0.15, 0.2) is 0 Å². The lowest BCUT2D eigenvalue weighted by atomic mass is 9.97. The first kappa shape index (κ1) is 15.2. The summed E-state index contributed by atoms with van der Waals surface area (Å²) in [5.74, 6) is 5.99. The van der Waals surface area contributed by atoms with E-state index in [0.717, 1.165) is 12.8 Å². The molecular formula is C14H20N4O3. The third-order valence-electron chi connectivity index (χ3n) is 4.40. The molecule has 4 N–H and O–H groups in total. The average molecular weight is 292 g/mol. The highest BCUT2D eigenvalue weighted by molar-refractivity contribution is 6.00. The van der Waals surface area contributed by atoms with Gasteiger partial charge in [-0.1, -0.05) is 13.8 Å².